The highest BCUT2D eigenvalue weighted by atomic mass is 16.7. The van der Waals surface area contributed by atoms with Crippen molar-refractivity contribution in [3.05, 3.63) is 0 Å². The molecule has 21 heavy (non-hydrogen) atoms. The first-order valence-corrected chi connectivity index (χ1v) is 7.52. The van der Waals surface area contributed by atoms with Crippen LogP contribution < -0.4 is 0 Å². The Morgan fingerprint density at radius 1 is 1.24 bits per heavy atom. The van der Waals surface area contributed by atoms with E-state index in [0.717, 1.165) is 0 Å². The number of fused-ring (bicyclic) bond motifs is 1. The minimum atomic E-state index is -2.00. The minimum absolute atomic E-state index is 0.0410. The smallest absolute Gasteiger partial charge is 0.206 e. The zero-order chi connectivity index (χ0) is 15.6. The van der Waals surface area contributed by atoms with Gasteiger partial charge in [-0.3, -0.25) is 4.79 Å². The van der Waals surface area contributed by atoms with Crippen LogP contribution in [-0.2, 0) is 9.53 Å². The summed E-state index contributed by atoms with van der Waals surface area (Å²) >= 11 is 0. The van der Waals surface area contributed by atoms with Crippen LogP contribution in [0.2, 0.25) is 0 Å². The van der Waals surface area contributed by atoms with Gasteiger partial charge in [0.25, 0.3) is 0 Å². The van der Waals surface area contributed by atoms with Crippen LogP contribution in [0.25, 0.3) is 0 Å². The molecule has 1 saturated heterocycles. The Labute approximate surface area is 122 Å². The first-order chi connectivity index (χ1) is 9.54. The Kier molecular flexibility index (Phi) is 2.16. The van der Waals surface area contributed by atoms with E-state index in [1.54, 1.807) is 20.8 Å². The third-order valence-electron chi connectivity index (χ3n) is 7.76. The van der Waals surface area contributed by atoms with Crippen molar-refractivity contribution in [2.45, 2.75) is 57.2 Å². The molecule has 0 aromatic carbocycles. The maximum Gasteiger partial charge on any atom is 0.206 e. The normalized spacial score (nSPS) is 68.5. The second kappa shape index (κ2) is 3.21. The highest BCUT2D eigenvalue weighted by molar-refractivity contribution is 5.91. The maximum atomic E-state index is 12.8. The third-order valence-corrected chi connectivity index (χ3v) is 7.76. The summed E-state index contributed by atoms with van der Waals surface area (Å²) in [4.78, 5) is 12.8. The largest absolute Gasteiger partial charge is 0.390 e. The van der Waals surface area contributed by atoms with Gasteiger partial charge in [0.1, 0.15) is 17.5 Å². The number of Topliss-reactive ketones (excluding diaryl/α,β-unsaturated/α-hetero) is 1. The van der Waals surface area contributed by atoms with Crippen LogP contribution in [0.15, 0.2) is 0 Å². The summed E-state index contributed by atoms with van der Waals surface area (Å²) in [6.45, 7) is 4.97. The molecule has 8 atom stereocenters. The molecule has 0 aromatic heterocycles. The summed E-state index contributed by atoms with van der Waals surface area (Å²) in [5, 5.41) is 43.8. The molecule has 1 spiro atoms. The van der Waals surface area contributed by atoms with Crippen molar-refractivity contribution < 1.29 is 30.0 Å². The summed E-state index contributed by atoms with van der Waals surface area (Å²) < 4.78 is 5.49. The van der Waals surface area contributed by atoms with E-state index < -0.39 is 39.8 Å². The minimum Gasteiger partial charge on any atom is -0.390 e. The second-order valence-corrected chi connectivity index (χ2v) is 7.90. The quantitative estimate of drug-likeness (QED) is 0.466. The summed E-state index contributed by atoms with van der Waals surface area (Å²) in [5.74, 6) is -2.50. The van der Waals surface area contributed by atoms with Crippen molar-refractivity contribution in [1.29, 1.82) is 0 Å². The molecule has 1 aliphatic heterocycles. The molecule has 4 saturated carbocycles. The molecule has 6 nitrogen and oxygen atoms in total. The number of carbonyl (C=O) groups is 1. The molecule has 0 amide bonds. The van der Waals surface area contributed by atoms with Crippen molar-refractivity contribution >= 4 is 5.78 Å². The van der Waals surface area contributed by atoms with Gasteiger partial charge < -0.3 is 25.2 Å². The molecule has 6 heteroatoms. The average molecular weight is 298 g/mol. The lowest BCUT2D eigenvalue weighted by Crippen LogP contribution is -2.85. The van der Waals surface area contributed by atoms with Gasteiger partial charge in [-0.15, -0.1) is 0 Å². The number of aliphatic hydroxyl groups is 4. The predicted octanol–water partition coefficient (Wildman–Crippen LogP) is -0.817. The molecule has 5 rings (SSSR count). The third kappa shape index (κ3) is 0.895. The molecule has 5 aliphatic rings. The first kappa shape index (κ1) is 14.1. The number of hydrogen-bond acceptors (Lipinski definition) is 6. The summed E-state index contributed by atoms with van der Waals surface area (Å²) in [5.41, 5.74) is -5.47. The molecular weight excluding hydrogens is 276 g/mol. The number of ketones is 1. The summed E-state index contributed by atoms with van der Waals surface area (Å²) in [6, 6.07) is 0. The van der Waals surface area contributed by atoms with E-state index in [2.05, 4.69) is 0 Å². The lowest BCUT2D eigenvalue weighted by Gasteiger charge is -2.70. The van der Waals surface area contributed by atoms with Gasteiger partial charge in [-0.05, 0) is 19.3 Å². The van der Waals surface area contributed by atoms with Crippen LogP contribution in [-0.4, -0.2) is 56.4 Å². The van der Waals surface area contributed by atoms with Gasteiger partial charge in [-0.25, -0.2) is 0 Å². The molecule has 4 aliphatic carbocycles. The van der Waals surface area contributed by atoms with Crippen LogP contribution in [0, 0.1) is 22.2 Å². The Morgan fingerprint density at radius 3 is 2.48 bits per heavy atom. The van der Waals surface area contributed by atoms with Gasteiger partial charge in [0.2, 0.25) is 5.79 Å². The molecule has 4 N–H and O–H groups in total. The van der Waals surface area contributed by atoms with Crippen molar-refractivity contribution in [3.8, 4) is 0 Å². The van der Waals surface area contributed by atoms with E-state index in [1.807, 2.05) is 0 Å². The van der Waals surface area contributed by atoms with Crippen LogP contribution in [0.5, 0.6) is 0 Å². The monoisotopic (exact) mass is 298 g/mol. The van der Waals surface area contributed by atoms with Gasteiger partial charge >= 0.3 is 0 Å². The van der Waals surface area contributed by atoms with Gasteiger partial charge in [-0.1, -0.05) is 13.8 Å². The molecule has 0 unspecified atom stereocenters. The molecule has 5 fully saturated rings. The topological polar surface area (TPSA) is 107 Å². The first-order valence-electron chi connectivity index (χ1n) is 7.52. The fourth-order valence-electron chi connectivity index (χ4n) is 6.25. The summed E-state index contributed by atoms with van der Waals surface area (Å²) in [6.07, 6.45) is -2.20. The molecule has 118 valence electrons. The van der Waals surface area contributed by atoms with E-state index in [-0.39, 0.29) is 24.7 Å². The predicted molar refractivity (Wildman–Crippen MR) is 69.9 cm³/mol. The number of carbonyl (C=O) groups excluding carboxylic acids is 1. The highest BCUT2D eigenvalue weighted by Gasteiger charge is 2.93. The second-order valence-electron chi connectivity index (χ2n) is 7.90. The van der Waals surface area contributed by atoms with Crippen LogP contribution >= 0.6 is 0 Å². The van der Waals surface area contributed by atoms with Crippen LogP contribution in [0.4, 0.5) is 0 Å². The Balaban J connectivity index is 2.12. The standard InChI is InChI=1S/C15H22O6/c1-7-4-8(16)14(19)11(2)6-21-15(20)10(18)13(7,14)5-9(17)12(11,15)3/h7-8,10,16,18-20H,4-6H2,1-3H3/t7-,8-,10-,11-,12-,13-,14+,15-/m1/s1. The Bertz CT molecular complexity index is 564. The zero-order valence-corrected chi connectivity index (χ0v) is 12.5. The van der Waals surface area contributed by atoms with Gasteiger partial charge in [0.15, 0.2) is 0 Å². The molecule has 0 aromatic rings. The van der Waals surface area contributed by atoms with E-state index in [1.165, 1.54) is 0 Å². The van der Waals surface area contributed by atoms with Crippen molar-refractivity contribution in [1.82, 2.24) is 0 Å². The lowest BCUT2D eigenvalue weighted by atomic mass is 9.34. The average Bonchev–Trinajstić information content (AvgIpc) is 2.74. The molecule has 0 radical (unpaired) electrons. The van der Waals surface area contributed by atoms with E-state index >= 15 is 0 Å². The molecule has 1 heterocycles. The van der Waals surface area contributed by atoms with Crippen molar-refractivity contribution in [3.63, 3.8) is 0 Å². The van der Waals surface area contributed by atoms with Gasteiger partial charge in [0, 0.05) is 17.3 Å². The number of ether oxygens (including phenoxy) is 1. The fourth-order valence-corrected chi connectivity index (χ4v) is 6.25. The van der Waals surface area contributed by atoms with Crippen LogP contribution in [0.3, 0.4) is 0 Å². The molecular formula is C15H22O6. The number of rotatable bonds is 0. The van der Waals surface area contributed by atoms with Crippen LogP contribution in [0.1, 0.15) is 33.6 Å². The summed E-state index contributed by atoms with van der Waals surface area (Å²) in [7, 11) is 0. The SMILES string of the molecule is C[C@@H]1C[C@@H](O)[C@@]2(O)[C@]13CC(=O)[C@]1(C)[C@@]2(C)CO[C@]1(O)[C@@H]3O. The lowest BCUT2D eigenvalue weighted by molar-refractivity contribution is -0.376. The number of hydrogen-bond donors (Lipinski definition) is 4. The van der Waals surface area contributed by atoms with Crippen molar-refractivity contribution in [2.24, 2.45) is 22.2 Å². The maximum absolute atomic E-state index is 12.8. The van der Waals surface area contributed by atoms with E-state index in [9.17, 15) is 25.2 Å². The van der Waals surface area contributed by atoms with Crippen molar-refractivity contribution in [2.75, 3.05) is 6.61 Å². The fraction of sp³-hybridized carbons (Fsp3) is 0.933. The zero-order valence-electron chi connectivity index (χ0n) is 12.5. The molecule has 4 bridgehead atoms. The number of aliphatic hydroxyl groups excluding tert-OH is 2. The van der Waals surface area contributed by atoms with Gasteiger partial charge in [0.05, 0.1) is 18.1 Å². The Morgan fingerprint density at radius 2 is 1.86 bits per heavy atom. The van der Waals surface area contributed by atoms with E-state index in [0.29, 0.717) is 6.42 Å². The highest BCUT2D eigenvalue weighted by Crippen LogP contribution is 2.79. The van der Waals surface area contributed by atoms with Gasteiger partial charge in [-0.2, -0.15) is 0 Å². The van der Waals surface area contributed by atoms with E-state index in [4.69, 9.17) is 4.74 Å². The Hall–Kier alpha value is -0.530.